The molecular weight excluding hydrogens is 299 g/mol. The molecular formula is C12H13Cl3FNO. The molecule has 0 aromatic heterocycles. The molecule has 0 aliphatic heterocycles. The molecule has 0 bridgehead atoms. The minimum absolute atomic E-state index is 0.0958. The first-order valence-corrected chi connectivity index (χ1v) is 6.83. The SMILES string of the molecule is CCC(CCl)(CCl)NC(=O)c1cccc(Cl)c1F. The van der Waals surface area contributed by atoms with Gasteiger partial charge in [-0.05, 0) is 18.6 Å². The molecule has 0 aliphatic rings. The quantitative estimate of drug-likeness (QED) is 0.822. The highest BCUT2D eigenvalue weighted by molar-refractivity contribution is 6.31. The van der Waals surface area contributed by atoms with E-state index in [1.54, 1.807) is 0 Å². The van der Waals surface area contributed by atoms with Crippen LogP contribution in [0.4, 0.5) is 4.39 Å². The fraction of sp³-hybridized carbons (Fsp3) is 0.417. The molecule has 0 heterocycles. The number of hydrogen-bond donors (Lipinski definition) is 1. The smallest absolute Gasteiger partial charge is 0.254 e. The molecule has 100 valence electrons. The van der Waals surface area contributed by atoms with E-state index < -0.39 is 17.3 Å². The Morgan fingerprint density at radius 1 is 1.39 bits per heavy atom. The van der Waals surface area contributed by atoms with Crippen LogP contribution in [0.1, 0.15) is 23.7 Å². The summed E-state index contributed by atoms with van der Waals surface area (Å²) in [7, 11) is 0. The van der Waals surface area contributed by atoms with E-state index in [2.05, 4.69) is 5.32 Å². The molecule has 1 aromatic carbocycles. The fourth-order valence-corrected chi connectivity index (χ4v) is 2.34. The molecule has 6 heteroatoms. The Hall–Kier alpha value is -0.510. The van der Waals surface area contributed by atoms with Crippen LogP contribution >= 0.6 is 34.8 Å². The van der Waals surface area contributed by atoms with Gasteiger partial charge in [-0.15, -0.1) is 23.2 Å². The Kier molecular flexibility index (Phi) is 5.70. The van der Waals surface area contributed by atoms with Gasteiger partial charge in [0.2, 0.25) is 0 Å². The zero-order valence-electron chi connectivity index (χ0n) is 9.77. The van der Waals surface area contributed by atoms with Gasteiger partial charge in [0.1, 0.15) is 0 Å². The third-order valence-corrected chi connectivity index (χ3v) is 4.08. The number of amides is 1. The van der Waals surface area contributed by atoms with Crippen molar-refractivity contribution in [3.8, 4) is 0 Å². The predicted molar refractivity (Wildman–Crippen MR) is 73.3 cm³/mol. The number of carbonyl (C=O) groups excluding carboxylic acids is 1. The fourth-order valence-electron chi connectivity index (χ4n) is 1.37. The summed E-state index contributed by atoms with van der Waals surface area (Å²) in [4.78, 5) is 12.0. The van der Waals surface area contributed by atoms with Crippen LogP contribution in [-0.4, -0.2) is 23.2 Å². The minimum Gasteiger partial charge on any atom is -0.344 e. The van der Waals surface area contributed by atoms with Crippen molar-refractivity contribution in [2.24, 2.45) is 0 Å². The van der Waals surface area contributed by atoms with Gasteiger partial charge in [-0.25, -0.2) is 4.39 Å². The van der Waals surface area contributed by atoms with Crippen molar-refractivity contribution in [3.05, 3.63) is 34.6 Å². The molecule has 1 N–H and O–H groups in total. The highest BCUT2D eigenvalue weighted by Crippen LogP contribution is 2.20. The average Bonchev–Trinajstić information content (AvgIpc) is 2.39. The molecule has 0 saturated heterocycles. The predicted octanol–water partition coefficient (Wildman–Crippen LogP) is 3.84. The van der Waals surface area contributed by atoms with Gasteiger partial charge in [0.05, 0.1) is 16.1 Å². The van der Waals surface area contributed by atoms with E-state index in [1.807, 2.05) is 6.92 Å². The number of nitrogens with one attached hydrogen (secondary N) is 1. The molecule has 0 unspecified atom stereocenters. The van der Waals surface area contributed by atoms with Crippen molar-refractivity contribution in [3.63, 3.8) is 0 Å². The molecule has 0 atom stereocenters. The zero-order valence-corrected chi connectivity index (χ0v) is 12.0. The van der Waals surface area contributed by atoms with Gasteiger partial charge in [-0.3, -0.25) is 4.79 Å². The molecule has 1 amide bonds. The summed E-state index contributed by atoms with van der Waals surface area (Å²) >= 11 is 17.2. The van der Waals surface area contributed by atoms with E-state index in [4.69, 9.17) is 34.8 Å². The molecule has 1 rings (SSSR count). The Morgan fingerprint density at radius 3 is 2.50 bits per heavy atom. The van der Waals surface area contributed by atoms with Crippen LogP contribution in [0.5, 0.6) is 0 Å². The zero-order chi connectivity index (χ0) is 13.8. The van der Waals surface area contributed by atoms with Crippen molar-refractivity contribution in [2.75, 3.05) is 11.8 Å². The summed E-state index contributed by atoms with van der Waals surface area (Å²) in [6, 6.07) is 4.25. The topological polar surface area (TPSA) is 29.1 Å². The second-order valence-electron chi connectivity index (χ2n) is 3.96. The Labute approximate surface area is 120 Å². The van der Waals surface area contributed by atoms with Gasteiger partial charge in [0.15, 0.2) is 5.82 Å². The Morgan fingerprint density at radius 2 is 2.00 bits per heavy atom. The van der Waals surface area contributed by atoms with Crippen LogP contribution in [0.15, 0.2) is 18.2 Å². The second-order valence-corrected chi connectivity index (χ2v) is 4.90. The van der Waals surface area contributed by atoms with E-state index >= 15 is 0 Å². The molecule has 2 nitrogen and oxygen atoms in total. The van der Waals surface area contributed by atoms with E-state index in [0.717, 1.165) is 0 Å². The number of benzene rings is 1. The van der Waals surface area contributed by atoms with E-state index in [0.29, 0.717) is 6.42 Å². The number of hydrogen-bond acceptors (Lipinski definition) is 1. The van der Waals surface area contributed by atoms with Crippen LogP contribution in [0.2, 0.25) is 5.02 Å². The molecule has 0 aliphatic carbocycles. The second kappa shape index (κ2) is 6.60. The van der Waals surface area contributed by atoms with Gasteiger partial charge in [-0.2, -0.15) is 0 Å². The van der Waals surface area contributed by atoms with E-state index in [9.17, 15) is 9.18 Å². The summed E-state index contributed by atoms with van der Waals surface area (Å²) in [5.41, 5.74) is -0.856. The highest BCUT2D eigenvalue weighted by Gasteiger charge is 2.29. The normalized spacial score (nSPS) is 11.4. The number of halogens is 4. The maximum Gasteiger partial charge on any atom is 0.254 e. The van der Waals surface area contributed by atoms with Crippen LogP contribution in [0.25, 0.3) is 0 Å². The van der Waals surface area contributed by atoms with Gasteiger partial charge in [0.25, 0.3) is 5.91 Å². The lowest BCUT2D eigenvalue weighted by molar-refractivity contribution is 0.0909. The summed E-state index contributed by atoms with van der Waals surface area (Å²) in [5.74, 6) is -1.01. The molecule has 18 heavy (non-hydrogen) atoms. The molecule has 1 aromatic rings. The summed E-state index contributed by atoms with van der Waals surface area (Å²) in [6.07, 6.45) is 0.550. The number of alkyl halides is 2. The van der Waals surface area contributed by atoms with Gasteiger partial charge in [-0.1, -0.05) is 24.6 Å². The minimum atomic E-state index is -0.745. The average molecular weight is 313 g/mol. The van der Waals surface area contributed by atoms with Crippen molar-refractivity contribution < 1.29 is 9.18 Å². The van der Waals surface area contributed by atoms with Crippen LogP contribution in [-0.2, 0) is 0 Å². The highest BCUT2D eigenvalue weighted by atomic mass is 35.5. The summed E-state index contributed by atoms with van der Waals surface area (Å²) < 4.78 is 13.7. The summed E-state index contributed by atoms with van der Waals surface area (Å²) in [6.45, 7) is 1.85. The van der Waals surface area contributed by atoms with Crippen LogP contribution in [0.3, 0.4) is 0 Å². The third-order valence-electron chi connectivity index (χ3n) is 2.76. The maximum atomic E-state index is 13.7. The van der Waals surface area contributed by atoms with E-state index in [-0.39, 0.29) is 22.3 Å². The van der Waals surface area contributed by atoms with Gasteiger partial charge in [0, 0.05) is 11.8 Å². The molecule has 0 spiro atoms. The lowest BCUT2D eigenvalue weighted by Gasteiger charge is -2.29. The summed E-state index contributed by atoms with van der Waals surface area (Å²) in [5, 5.41) is 2.57. The molecule has 0 saturated carbocycles. The van der Waals surface area contributed by atoms with Crippen molar-refractivity contribution in [1.82, 2.24) is 5.32 Å². The standard InChI is InChI=1S/C12H13Cl3FNO/c1-2-12(6-13,7-14)17-11(18)8-4-3-5-9(15)10(8)16/h3-5H,2,6-7H2,1H3,(H,17,18). The first-order chi connectivity index (χ1) is 8.49. The van der Waals surface area contributed by atoms with Crippen molar-refractivity contribution in [2.45, 2.75) is 18.9 Å². The monoisotopic (exact) mass is 311 g/mol. The third kappa shape index (κ3) is 3.28. The Bertz CT molecular complexity index is 427. The lowest BCUT2D eigenvalue weighted by Crippen LogP contribution is -2.51. The first-order valence-electron chi connectivity index (χ1n) is 5.38. The number of rotatable bonds is 5. The van der Waals surface area contributed by atoms with Crippen LogP contribution < -0.4 is 5.32 Å². The maximum absolute atomic E-state index is 13.7. The molecule has 0 fully saturated rings. The largest absolute Gasteiger partial charge is 0.344 e. The molecule has 0 radical (unpaired) electrons. The van der Waals surface area contributed by atoms with Crippen molar-refractivity contribution in [1.29, 1.82) is 0 Å². The van der Waals surface area contributed by atoms with Crippen molar-refractivity contribution >= 4 is 40.7 Å². The number of carbonyl (C=O) groups is 1. The van der Waals surface area contributed by atoms with Crippen LogP contribution in [0, 0.1) is 5.82 Å². The lowest BCUT2D eigenvalue weighted by atomic mass is 10.0. The van der Waals surface area contributed by atoms with E-state index in [1.165, 1.54) is 18.2 Å². The Balaban J connectivity index is 2.98. The van der Waals surface area contributed by atoms with Gasteiger partial charge >= 0.3 is 0 Å². The first kappa shape index (κ1) is 15.5. The van der Waals surface area contributed by atoms with Gasteiger partial charge < -0.3 is 5.32 Å².